The number of halogens is 2. The number of aromatic nitrogens is 4. The number of carbonyl (C=O) groups excluding carboxylic acids is 1. The van der Waals surface area contributed by atoms with Crippen LogP contribution in [0, 0.1) is 0 Å². The Morgan fingerprint density at radius 1 is 1.09 bits per heavy atom. The van der Waals surface area contributed by atoms with Crippen molar-refractivity contribution in [3.8, 4) is 5.69 Å². The minimum Gasteiger partial charge on any atom is -0.322 e. The summed E-state index contributed by atoms with van der Waals surface area (Å²) in [6.07, 6.45) is 1.44. The Morgan fingerprint density at radius 2 is 1.91 bits per heavy atom. The average molecular weight is 423 g/mol. The van der Waals surface area contributed by atoms with Gasteiger partial charge in [0.25, 0.3) is 5.91 Å². The monoisotopic (exact) mass is 421 g/mol. The van der Waals surface area contributed by atoms with E-state index in [1.807, 2.05) is 30.3 Å². The van der Waals surface area contributed by atoms with Crippen LogP contribution in [0.1, 0.15) is 10.4 Å². The fourth-order valence-electron chi connectivity index (χ4n) is 1.93. The maximum absolute atomic E-state index is 12.6. The third-order valence-corrected chi connectivity index (χ3v) is 3.87. The number of amides is 1. The number of nitrogens with zero attached hydrogens (tertiary/aromatic N) is 4. The summed E-state index contributed by atoms with van der Waals surface area (Å²) in [5.41, 5.74) is 1.75. The minimum absolute atomic E-state index is 0.245. The van der Waals surface area contributed by atoms with Crippen molar-refractivity contribution in [2.75, 3.05) is 5.32 Å². The molecule has 0 saturated carbocycles. The lowest BCUT2D eigenvalue weighted by molar-refractivity contribution is 0.102. The first-order valence-electron chi connectivity index (χ1n) is 6.23. The molecule has 0 unspecified atom stereocenters. The van der Waals surface area contributed by atoms with Gasteiger partial charge >= 0.3 is 0 Å². The van der Waals surface area contributed by atoms with Crippen molar-refractivity contribution in [1.82, 2.24) is 20.2 Å². The Bertz CT molecular complexity index is 820. The van der Waals surface area contributed by atoms with Gasteiger partial charge in [-0.05, 0) is 46.8 Å². The molecule has 1 heterocycles. The summed E-state index contributed by atoms with van der Waals surface area (Å²) < 4.78 is 3.13. The molecular formula is C14H9Br2N5O. The van der Waals surface area contributed by atoms with Gasteiger partial charge in [0, 0.05) is 14.6 Å². The molecule has 0 atom stereocenters. The van der Waals surface area contributed by atoms with Gasteiger partial charge in [-0.1, -0.05) is 37.9 Å². The van der Waals surface area contributed by atoms with Gasteiger partial charge in [0.15, 0.2) is 0 Å². The van der Waals surface area contributed by atoms with Crippen molar-refractivity contribution in [3.05, 3.63) is 63.3 Å². The van der Waals surface area contributed by atoms with Crippen LogP contribution in [0.25, 0.3) is 5.69 Å². The first kappa shape index (κ1) is 14.9. The molecule has 3 rings (SSSR count). The van der Waals surface area contributed by atoms with E-state index in [0.717, 1.165) is 8.95 Å². The molecule has 6 nitrogen and oxygen atoms in total. The van der Waals surface area contributed by atoms with Gasteiger partial charge < -0.3 is 5.32 Å². The fourth-order valence-corrected chi connectivity index (χ4v) is 2.69. The van der Waals surface area contributed by atoms with Gasteiger partial charge in [0.05, 0.1) is 11.3 Å². The average Bonchev–Trinajstić information content (AvgIpc) is 3.01. The summed E-state index contributed by atoms with van der Waals surface area (Å²) in [6.45, 7) is 0. The molecule has 0 aliphatic rings. The van der Waals surface area contributed by atoms with E-state index < -0.39 is 0 Å². The molecule has 1 N–H and O–H groups in total. The molecule has 0 fully saturated rings. The van der Waals surface area contributed by atoms with Crippen LogP contribution >= 0.6 is 31.9 Å². The molecule has 0 radical (unpaired) electrons. The normalized spacial score (nSPS) is 10.5. The SMILES string of the molecule is O=C(Nc1cccc(Br)c1)c1cc(Br)ccc1-n1cnnn1. The molecule has 0 bridgehead atoms. The zero-order valence-corrected chi connectivity index (χ0v) is 14.2. The van der Waals surface area contributed by atoms with E-state index >= 15 is 0 Å². The summed E-state index contributed by atoms with van der Waals surface area (Å²) in [7, 11) is 0. The Labute approximate surface area is 142 Å². The maximum Gasteiger partial charge on any atom is 0.257 e. The van der Waals surface area contributed by atoms with Crippen LogP contribution in [-0.2, 0) is 0 Å². The highest BCUT2D eigenvalue weighted by Gasteiger charge is 2.15. The number of carbonyl (C=O) groups is 1. The fraction of sp³-hybridized carbons (Fsp3) is 0. The van der Waals surface area contributed by atoms with E-state index in [9.17, 15) is 4.79 Å². The summed E-state index contributed by atoms with van der Waals surface area (Å²) in [6, 6.07) is 12.7. The Morgan fingerprint density at radius 3 is 2.64 bits per heavy atom. The first-order chi connectivity index (χ1) is 10.6. The highest BCUT2D eigenvalue weighted by molar-refractivity contribution is 9.10. The van der Waals surface area contributed by atoms with Crippen LogP contribution in [0.4, 0.5) is 5.69 Å². The smallest absolute Gasteiger partial charge is 0.257 e. The van der Waals surface area contributed by atoms with Crippen LogP contribution in [0.2, 0.25) is 0 Å². The molecule has 0 spiro atoms. The van der Waals surface area contributed by atoms with Crippen molar-refractivity contribution >= 4 is 43.5 Å². The van der Waals surface area contributed by atoms with Crippen molar-refractivity contribution < 1.29 is 4.79 Å². The molecular weight excluding hydrogens is 414 g/mol. The van der Waals surface area contributed by atoms with E-state index in [0.29, 0.717) is 16.9 Å². The lowest BCUT2D eigenvalue weighted by atomic mass is 10.1. The molecule has 110 valence electrons. The largest absolute Gasteiger partial charge is 0.322 e. The number of hydrogen-bond donors (Lipinski definition) is 1. The van der Waals surface area contributed by atoms with Crippen molar-refractivity contribution in [3.63, 3.8) is 0 Å². The van der Waals surface area contributed by atoms with Crippen molar-refractivity contribution in [1.29, 1.82) is 0 Å². The van der Waals surface area contributed by atoms with Crippen LogP contribution < -0.4 is 5.32 Å². The predicted octanol–water partition coefficient (Wildman–Crippen LogP) is 3.44. The quantitative estimate of drug-likeness (QED) is 0.701. The number of nitrogens with one attached hydrogen (secondary N) is 1. The van der Waals surface area contributed by atoms with Crippen LogP contribution in [-0.4, -0.2) is 26.1 Å². The number of benzene rings is 2. The molecule has 0 aliphatic carbocycles. The Balaban J connectivity index is 1.97. The van der Waals surface area contributed by atoms with Gasteiger partial charge in [-0.15, -0.1) is 5.10 Å². The second kappa shape index (κ2) is 6.37. The third-order valence-electron chi connectivity index (χ3n) is 2.88. The number of anilines is 1. The molecule has 22 heavy (non-hydrogen) atoms. The van der Waals surface area contributed by atoms with E-state index in [-0.39, 0.29) is 5.91 Å². The first-order valence-corrected chi connectivity index (χ1v) is 7.82. The van der Waals surface area contributed by atoms with Gasteiger partial charge in [-0.2, -0.15) is 4.68 Å². The number of rotatable bonds is 3. The highest BCUT2D eigenvalue weighted by atomic mass is 79.9. The van der Waals surface area contributed by atoms with Gasteiger partial charge in [0.2, 0.25) is 0 Å². The van der Waals surface area contributed by atoms with E-state index in [1.54, 1.807) is 12.1 Å². The standard InChI is InChI=1S/C14H9Br2N5O/c15-9-2-1-3-11(6-9)18-14(22)12-7-10(16)4-5-13(12)21-8-17-19-20-21/h1-8H,(H,18,22). The Hall–Kier alpha value is -2.06. The van der Waals surface area contributed by atoms with Gasteiger partial charge in [0.1, 0.15) is 6.33 Å². The van der Waals surface area contributed by atoms with Crippen molar-refractivity contribution in [2.45, 2.75) is 0 Å². The lowest BCUT2D eigenvalue weighted by Crippen LogP contribution is -2.15. The summed E-state index contributed by atoms with van der Waals surface area (Å²) in [4.78, 5) is 12.6. The van der Waals surface area contributed by atoms with Crippen LogP contribution in [0.15, 0.2) is 57.7 Å². The second-order valence-electron chi connectivity index (χ2n) is 4.38. The van der Waals surface area contributed by atoms with Gasteiger partial charge in [-0.25, -0.2) is 0 Å². The second-order valence-corrected chi connectivity index (χ2v) is 6.21. The molecule has 3 aromatic rings. The van der Waals surface area contributed by atoms with E-state index in [4.69, 9.17) is 0 Å². The zero-order chi connectivity index (χ0) is 15.5. The molecule has 1 amide bonds. The van der Waals surface area contributed by atoms with E-state index in [2.05, 4.69) is 52.7 Å². The summed E-state index contributed by atoms with van der Waals surface area (Å²) >= 11 is 6.75. The summed E-state index contributed by atoms with van der Waals surface area (Å²) in [5.74, 6) is -0.245. The molecule has 1 aromatic heterocycles. The van der Waals surface area contributed by atoms with Gasteiger partial charge in [-0.3, -0.25) is 4.79 Å². The highest BCUT2D eigenvalue weighted by Crippen LogP contribution is 2.22. The molecule has 0 saturated heterocycles. The molecule has 0 aliphatic heterocycles. The maximum atomic E-state index is 12.6. The number of hydrogen-bond acceptors (Lipinski definition) is 4. The number of tetrazole rings is 1. The third kappa shape index (κ3) is 3.23. The molecule has 8 heteroatoms. The minimum atomic E-state index is -0.245. The molecule has 2 aromatic carbocycles. The van der Waals surface area contributed by atoms with Crippen LogP contribution in [0.5, 0.6) is 0 Å². The topological polar surface area (TPSA) is 72.7 Å². The Kier molecular flexibility index (Phi) is 4.30. The lowest BCUT2D eigenvalue weighted by Gasteiger charge is -2.10. The van der Waals surface area contributed by atoms with Crippen molar-refractivity contribution in [2.24, 2.45) is 0 Å². The zero-order valence-electron chi connectivity index (χ0n) is 11.1. The van der Waals surface area contributed by atoms with E-state index in [1.165, 1.54) is 11.0 Å². The summed E-state index contributed by atoms with van der Waals surface area (Å²) in [5, 5.41) is 13.9. The predicted molar refractivity (Wildman–Crippen MR) is 88.9 cm³/mol. The van der Waals surface area contributed by atoms with Crippen LogP contribution in [0.3, 0.4) is 0 Å².